The summed E-state index contributed by atoms with van der Waals surface area (Å²) in [7, 11) is 0. The van der Waals surface area contributed by atoms with Crippen molar-refractivity contribution >= 4 is 23.2 Å². The van der Waals surface area contributed by atoms with Gasteiger partial charge in [-0.1, -0.05) is 41.4 Å². The molecule has 2 aromatic rings. The van der Waals surface area contributed by atoms with Gasteiger partial charge in [0.1, 0.15) is 0 Å². The van der Waals surface area contributed by atoms with E-state index in [2.05, 4.69) is 0 Å². The smallest absolute Gasteiger partial charge is 0.253 e. The first-order chi connectivity index (χ1) is 9.19. The topological polar surface area (TPSA) is 44.5 Å². The van der Waals surface area contributed by atoms with Crippen molar-refractivity contribution in [3.63, 3.8) is 0 Å². The predicted octanol–water partition coefficient (Wildman–Crippen LogP) is 3.72. The Morgan fingerprint density at radius 2 is 1.84 bits per heavy atom. The molecule has 0 amide bonds. The molecule has 0 fully saturated rings. The lowest BCUT2D eigenvalue weighted by atomic mass is 10.0. The fourth-order valence-electron chi connectivity index (χ4n) is 2.05. The number of hydrogen-bond acceptors (Lipinski definition) is 3. The Morgan fingerprint density at radius 3 is 2.58 bits per heavy atom. The second-order valence-corrected chi connectivity index (χ2v) is 5.01. The Bertz CT molecular complexity index is 631. The van der Waals surface area contributed by atoms with Gasteiger partial charge in [-0.3, -0.25) is 0 Å². The quantitative estimate of drug-likeness (QED) is 0.918. The number of fused-ring (bicyclic) bond motifs is 1. The van der Waals surface area contributed by atoms with Gasteiger partial charge in [-0.05, 0) is 12.1 Å². The number of halogens is 2. The zero-order valence-electron chi connectivity index (χ0n) is 9.90. The highest BCUT2D eigenvalue weighted by atomic mass is 35.5. The van der Waals surface area contributed by atoms with E-state index in [1.165, 1.54) is 0 Å². The summed E-state index contributed by atoms with van der Waals surface area (Å²) in [4.78, 5) is 0. The first-order valence-electron chi connectivity index (χ1n) is 5.81. The molecular weight excluding hydrogens is 285 g/mol. The third kappa shape index (κ3) is 2.25. The van der Waals surface area contributed by atoms with Crippen LogP contribution in [0.3, 0.4) is 0 Å². The van der Waals surface area contributed by atoms with E-state index in [1.54, 1.807) is 6.07 Å². The Kier molecular flexibility index (Phi) is 3.27. The van der Waals surface area contributed by atoms with Crippen LogP contribution in [0.1, 0.15) is 0 Å². The Balaban J connectivity index is 2.16. The first kappa shape index (κ1) is 12.6. The number of hydrogen-bond donors (Lipinski definition) is 1. The number of benzene rings is 2. The standard InChI is InChI=1S/C14H11Cl2NO2/c15-8-5-10(9-3-1-2-4-11(9)16)14-12(6-8)18-13(7-17)19-14/h1-6,13H,7,17H2. The molecule has 19 heavy (non-hydrogen) atoms. The molecule has 0 spiro atoms. The van der Waals surface area contributed by atoms with Crippen molar-refractivity contribution in [1.29, 1.82) is 0 Å². The summed E-state index contributed by atoms with van der Waals surface area (Å²) in [6.45, 7) is 0.272. The van der Waals surface area contributed by atoms with Gasteiger partial charge in [0.2, 0.25) is 0 Å². The lowest BCUT2D eigenvalue weighted by Gasteiger charge is -2.09. The van der Waals surface area contributed by atoms with Crippen LogP contribution in [0.2, 0.25) is 10.0 Å². The van der Waals surface area contributed by atoms with Crippen molar-refractivity contribution in [1.82, 2.24) is 0 Å². The van der Waals surface area contributed by atoms with Gasteiger partial charge in [-0.25, -0.2) is 0 Å². The molecule has 0 aliphatic carbocycles. The van der Waals surface area contributed by atoms with Gasteiger partial charge in [-0.2, -0.15) is 0 Å². The Hall–Kier alpha value is -1.42. The zero-order valence-corrected chi connectivity index (χ0v) is 11.4. The van der Waals surface area contributed by atoms with Crippen molar-refractivity contribution in [2.24, 2.45) is 5.73 Å². The largest absolute Gasteiger partial charge is 0.450 e. The van der Waals surface area contributed by atoms with Crippen molar-refractivity contribution in [2.45, 2.75) is 6.29 Å². The molecule has 0 aromatic heterocycles. The summed E-state index contributed by atoms with van der Waals surface area (Å²) < 4.78 is 11.3. The lowest BCUT2D eigenvalue weighted by Crippen LogP contribution is -2.27. The highest BCUT2D eigenvalue weighted by molar-refractivity contribution is 6.34. The SMILES string of the molecule is NCC1Oc2cc(Cl)cc(-c3ccccc3Cl)c2O1. The summed E-state index contributed by atoms with van der Waals surface area (Å²) in [6, 6.07) is 11.0. The van der Waals surface area contributed by atoms with Crippen LogP contribution in [-0.2, 0) is 0 Å². The second kappa shape index (κ2) is 4.93. The minimum Gasteiger partial charge on any atom is -0.450 e. The van der Waals surface area contributed by atoms with E-state index < -0.39 is 6.29 Å². The molecule has 5 heteroatoms. The summed E-state index contributed by atoms with van der Waals surface area (Å²) >= 11 is 12.3. The van der Waals surface area contributed by atoms with Crippen molar-refractivity contribution in [2.75, 3.05) is 6.54 Å². The molecule has 98 valence electrons. The van der Waals surface area contributed by atoms with Crippen molar-refractivity contribution in [3.05, 3.63) is 46.4 Å². The molecule has 1 unspecified atom stereocenters. The summed E-state index contributed by atoms with van der Waals surface area (Å²) in [5, 5.41) is 1.20. The molecule has 0 radical (unpaired) electrons. The third-order valence-corrected chi connectivity index (χ3v) is 3.43. The van der Waals surface area contributed by atoms with Gasteiger partial charge in [0.15, 0.2) is 11.5 Å². The summed E-state index contributed by atoms with van der Waals surface area (Å²) in [5.41, 5.74) is 7.22. The fourth-order valence-corrected chi connectivity index (χ4v) is 2.50. The van der Waals surface area contributed by atoms with E-state index in [1.807, 2.05) is 30.3 Å². The molecule has 3 nitrogen and oxygen atoms in total. The van der Waals surface area contributed by atoms with E-state index in [9.17, 15) is 0 Å². The summed E-state index contributed by atoms with van der Waals surface area (Å²) in [5.74, 6) is 1.23. The van der Waals surface area contributed by atoms with Crippen LogP contribution in [0.25, 0.3) is 11.1 Å². The van der Waals surface area contributed by atoms with Gasteiger partial charge in [-0.15, -0.1) is 0 Å². The minimum atomic E-state index is -0.477. The average molecular weight is 296 g/mol. The second-order valence-electron chi connectivity index (χ2n) is 4.16. The number of nitrogens with two attached hydrogens (primary N) is 1. The van der Waals surface area contributed by atoms with E-state index in [0.717, 1.165) is 11.1 Å². The molecule has 0 saturated carbocycles. The number of ether oxygens (including phenoxy) is 2. The van der Waals surface area contributed by atoms with Gasteiger partial charge >= 0.3 is 0 Å². The van der Waals surface area contributed by atoms with Crippen LogP contribution in [0.5, 0.6) is 11.5 Å². The Labute approximate surface area is 120 Å². The van der Waals surface area contributed by atoms with E-state index >= 15 is 0 Å². The molecule has 0 saturated heterocycles. The highest BCUT2D eigenvalue weighted by Gasteiger charge is 2.27. The molecule has 1 atom stereocenters. The van der Waals surface area contributed by atoms with E-state index in [0.29, 0.717) is 21.5 Å². The minimum absolute atomic E-state index is 0.272. The molecule has 3 rings (SSSR count). The van der Waals surface area contributed by atoms with Crippen LogP contribution < -0.4 is 15.2 Å². The Morgan fingerprint density at radius 1 is 1.05 bits per heavy atom. The third-order valence-electron chi connectivity index (χ3n) is 2.88. The van der Waals surface area contributed by atoms with Crippen molar-refractivity contribution in [3.8, 4) is 22.6 Å². The van der Waals surface area contributed by atoms with E-state index in [-0.39, 0.29) is 6.54 Å². The van der Waals surface area contributed by atoms with Crippen LogP contribution in [0.15, 0.2) is 36.4 Å². The predicted molar refractivity (Wildman–Crippen MR) is 76.0 cm³/mol. The molecule has 1 heterocycles. The molecule has 2 N–H and O–H groups in total. The van der Waals surface area contributed by atoms with E-state index in [4.69, 9.17) is 38.4 Å². The molecule has 1 aliphatic heterocycles. The molecule has 1 aliphatic rings. The first-order valence-corrected chi connectivity index (χ1v) is 6.56. The summed E-state index contributed by atoms with van der Waals surface area (Å²) in [6.07, 6.45) is -0.477. The maximum absolute atomic E-state index is 6.22. The molecular formula is C14H11Cl2NO2. The highest BCUT2D eigenvalue weighted by Crippen LogP contribution is 2.46. The monoisotopic (exact) mass is 295 g/mol. The average Bonchev–Trinajstić information content (AvgIpc) is 2.81. The zero-order chi connectivity index (χ0) is 13.4. The van der Waals surface area contributed by atoms with Crippen molar-refractivity contribution < 1.29 is 9.47 Å². The fraction of sp³-hybridized carbons (Fsp3) is 0.143. The maximum Gasteiger partial charge on any atom is 0.253 e. The number of rotatable bonds is 2. The van der Waals surface area contributed by atoms with Crippen LogP contribution in [-0.4, -0.2) is 12.8 Å². The maximum atomic E-state index is 6.22. The van der Waals surface area contributed by atoms with Crippen LogP contribution in [0.4, 0.5) is 0 Å². The molecule has 0 bridgehead atoms. The van der Waals surface area contributed by atoms with Crippen LogP contribution in [0, 0.1) is 0 Å². The lowest BCUT2D eigenvalue weighted by molar-refractivity contribution is 0.0583. The van der Waals surface area contributed by atoms with Gasteiger partial charge in [0.25, 0.3) is 6.29 Å². The van der Waals surface area contributed by atoms with Gasteiger partial charge in [0, 0.05) is 27.2 Å². The van der Waals surface area contributed by atoms with Crippen LogP contribution >= 0.6 is 23.2 Å². The normalized spacial score (nSPS) is 16.7. The molecule has 2 aromatic carbocycles. The van der Waals surface area contributed by atoms with Gasteiger partial charge < -0.3 is 15.2 Å². The van der Waals surface area contributed by atoms with Gasteiger partial charge in [0.05, 0.1) is 6.54 Å².